The van der Waals surface area contributed by atoms with Crippen LogP contribution in [0.5, 0.6) is 0 Å². The number of hydrogen-bond acceptors (Lipinski definition) is 4. The molecule has 3 amide bonds. The summed E-state index contributed by atoms with van der Waals surface area (Å²) in [5, 5.41) is 0. The Labute approximate surface area is 124 Å². The number of nitrogens with zero attached hydrogens (tertiary/aromatic N) is 1. The molecule has 0 atom stereocenters. The van der Waals surface area contributed by atoms with E-state index in [1.165, 1.54) is 0 Å². The fourth-order valence-corrected chi connectivity index (χ4v) is 2.14. The smallest absolute Gasteiger partial charge is 0.255 e. The first kappa shape index (κ1) is 16.0. The molecule has 0 bridgehead atoms. The second-order valence-electron chi connectivity index (χ2n) is 4.26. The van der Waals surface area contributed by atoms with E-state index in [2.05, 4.69) is 15.9 Å². The van der Waals surface area contributed by atoms with Crippen LogP contribution in [0.3, 0.4) is 0 Å². The molecule has 20 heavy (non-hydrogen) atoms. The third kappa shape index (κ3) is 3.95. The van der Waals surface area contributed by atoms with Crippen molar-refractivity contribution >= 4 is 39.3 Å². The average Bonchev–Trinajstić information content (AvgIpc) is 2.30. The van der Waals surface area contributed by atoms with Gasteiger partial charge in [-0.3, -0.25) is 14.4 Å². The van der Waals surface area contributed by atoms with Crippen molar-refractivity contribution in [3.05, 3.63) is 27.7 Å². The minimum Gasteiger partial charge on any atom is -0.398 e. The summed E-state index contributed by atoms with van der Waals surface area (Å²) in [6, 6.07) is 3.21. The van der Waals surface area contributed by atoms with Crippen LogP contribution in [0.1, 0.15) is 15.9 Å². The topological polar surface area (TPSA) is 133 Å². The second kappa shape index (κ2) is 6.38. The minimum absolute atomic E-state index is 0.277. The van der Waals surface area contributed by atoms with Crippen molar-refractivity contribution in [2.24, 2.45) is 11.5 Å². The summed E-state index contributed by atoms with van der Waals surface area (Å²) in [6.45, 7) is 0.878. The van der Waals surface area contributed by atoms with Crippen LogP contribution in [-0.2, 0) is 9.59 Å². The van der Waals surface area contributed by atoms with Crippen molar-refractivity contribution in [2.45, 2.75) is 6.92 Å². The Morgan fingerprint density at radius 3 is 2.10 bits per heavy atom. The van der Waals surface area contributed by atoms with E-state index in [-0.39, 0.29) is 5.56 Å². The van der Waals surface area contributed by atoms with Gasteiger partial charge in [0.25, 0.3) is 5.91 Å². The second-order valence-corrected chi connectivity index (χ2v) is 5.18. The monoisotopic (exact) mass is 342 g/mol. The Morgan fingerprint density at radius 2 is 1.65 bits per heavy atom. The Balaban J connectivity index is 3.17. The zero-order valence-electron chi connectivity index (χ0n) is 10.9. The van der Waals surface area contributed by atoms with E-state index in [4.69, 9.17) is 17.2 Å². The summed E-state index contributed by atoms with van der Waals surface area (Å²) < 4.78 is 0.613. The van der Waals surface area contributed by atoms with Crippen LogP contribution >= 0.6 is 15.9 Å². The minimum atomic E-state index is -0.736. The van der Waals surface area contributed by atoms with E-state index in [0.717, 1.165) is 4.90 Å². The molecule has 0 saturated heterocycles. The molecule has 0 radical (unpaired) electrons. The van der Waals surface area contributed by atoms with Gasteiger partial charge in [0.1, 0.15) is 13.1 Å². The zero-order valence-corrected chi connectivity index (χ0v) is 12.4. The van der Waals surface area contributed by atoms with E-state index in [0.29, 0.717) is 15.7 Å². The number of anilines is 1. The third-order valence-electron chi connectivity index (χ3n) is 2.62. The lowest BCUT2D eigenvalue weighted by Crippen LogP contribution is -2.43. The van der Waals surface area contributed by atoms with Crippen molar-refractivity contribution in [3.8, 4) is 0 Å². The predicted octanol–water partition coefficient (Wildman–Crippen LogP) is -0.247. The molecule has 1 aromatic rings. The lowest BCUT2D eigenvalue weighted by atomic mass is 10.1. The number of carbonyl (C=O) groups is 3. The van der Waals surface area contributed by atoms with Gasteiger partial charge >= 0.3 is 0 Å². The summed E-state index contributed by atoms with van der Waals surface area (Å²) >= 11 is 3.23. The Hall–Kier alpha value is -2.09. The van der Waals surface area contributed by atoms with Gasteiger partial charge in [-0.1, -0.05) is 15.9 Å². The van der Waals surface area contributed by atoms with Crippen molar-refractivity contribution in [1.82, 2.24) is 4.90 Å². The molecule has 108 valence electrons. The molecule has 0 aliphatic carbocycles. The molecule has 0 unspecified atom stereocenters. The van der Waals surface area contributed by atoms with Crippen molar-refractivity contribution in [1.29, 1.82) is 0 Å². The van der Waals surface area contributed by atoms with Crippen LogP contribution in [-0.4, -0.2) is 35.7 Å². The van der Waals surface area contributed by atoms with Gasteiger partial charge < -0.3 is 22.1 Å². The number of rotatable bonds is 5. The van der Waals surface area contributed by atoms with E-state index in [1.807, 2.05) is 0 Å². The largest absolute Gasteiger partial charge is 0.398 e. The first-order valence-corrected chi connectivity index (χ1v) is 6.43. The number of carbonyl (C=O) groups excluding carboxylic acids is 3. The van der Waals surface area contributed by atoms with Crippen molar-refractivity contribution in [3.63, 3.8) is 0 Å². The van der Waals surface area contributed by atoms with Crippen LogP contribution in [0.15, 0.2) is 16.6 Å². The highest BCUT2D eigenvalue weighted by Gasteiger charge is 2.22. The Morgan fingerprint density at radius 1 is 1.15 bits per heavy atom. The molecule has 0 aromatic heterocycles. The molecule has 7 nitrogen and oxygen atoms in total. The molecular weight excluding hydrogens is 328 g/mol. The molecule has 0 aliphatic heterocycles. The van der Waals surface area contributed by atoms with E-state index in [1.54, 1.807) is 19.1 Å². The lowest BCUT2D eigenvalue weighted by Gasteiger charge is -2.21. The predicted molar refractivity (Wildman–Crippen MR) is 77.6 cm³/mol. The third-order valence-corrected chi connectivity index (χ3v) is 3.08. The lowest BCUT2D eigenvalue weighted by molar-refractivity contribution is -0.121. The molecule has 1 rings (SSSR count). The highest BCUT2D eigenvalue weighted by Crippen LogP contribution is 2.23. The fraction of sp³-hybridized carbons (Fsp3) is 0.250. The molecule has 1 aromatic carbocycles. The maximum Gasteiger partial charge on any atom is 0.255 e. The molecular formula is C12H15BrN4O3. The molecule has 8 heteroatoms. The van der Waals surface area contributed by atoms with Crippen molar-refractivity contribution < 1.29 is 14.4 Å². The van der Waals surface area contributed by atoms with Gasteiger partial charge in [-0.25, -0.2) is 0 Å². The van der Waals surface area contributed by atoms with Gasteiger partial charge in [0, 0.05) is 15.7 Å². The maximum atomic E-state index is 12.4. The van der Waals surface area contributed by atoms with E-state index in [9.17, 15) is 14.4 Å². The number of nitrogens with two attached hydrogens (primary N) is 3. The molecule has 0 fully saturated rings. The Kier molecular flexibility index (Phi) is 5.09. The first-order valence-electron chi connectivity index (χ1n) is 5.64. The maximum absolute atomic E-state index is 12.4. The van der Waals surface area contributed by atoms with Crippen LogP contribution in [0.2, 0.25) is 0 Å². The standard InChI is InChI=1S/C12H15BrN4O3/c1-6-8(2-7(13)3-9(6)14)12(20)17(4-10(15)18)5-11(16)19/h2-3H,4-5,14H2,1H3,(H2,15,18)(H2,16,19). The summed E-state index contributed by atoms with van der Waals surface area (Å²) in [6.07, 6.45) is 0. The van der Waals surface area contributed by atoms with Crippen LogP contribution in [0.4, 0.5) is 5.69 Å². The van der Waals surface area contributed by atoms with Gasteiger partial charge in [0.05, 0.1) is 0 Å². The van der Waals surface area contributed by atoms with Gasteiger partial charge in [0.15, 0.2) is 0 Å². The summed E-state index contributed by atoms with van der Waals surface area (Å²) in [4.78, 5) is 35.3. The van der Waals surface area contributed by atoms with Crippen LogP contribution < -0.4 is 17.2 Å². The van der Waals surface area contributed by atoms with Crippen LogP contribution in [0, 0.1) is 6.92 Å². The molecule has 6 N–H and O–H groups in total. The van der Waals surface area contributed by atoms with E-state index < -0.39 is 30.8 Å². The van der Waals surface area contributed by atoms with Crippen LogP contribution in [0.25, 0.3) is 0 Å². The van der Waals surface area contributed by atoms with Crippen molar-refractivity contribution in [2.75, 3.05) is 18.8 Å². The molecule has 0 saturated carbocycles. The highest BCUT2D eigenvalue weighted by atomic mass is 79.9. The highest BCUT2D eigenvalue weighted by molar-refractivity contribution is 9.10. The SMILES string of the molecule is Cc1c(N)cc(Br)cc1C(=O)N(CC(N)=O)CC(N)=O. The normalized spacial score (nSPS) is 10.1. The quantitative estimate of drug-likeness (QED) is 0.636. The molecule has 0 aliphatic rings. The average molecular weight is 343 g/mol. The van der Waals surface area contributed by atoms with E-state index >= 15 is 0 Å². The van der Waals surface area contributed by atoms with Gasteiger partial charge in [-0.15, -0.1) is 0 Å². The summed E-state index contributed by atoms with van der Waals surface area (Å²) in [5.74, 6) is -2.01. The van der Waals surface area contributed by atoms with Gasteiger partial charge in [-0.05, 0) is 24.6 Å². The number of benzene rings is 1. The number of hydrogen-bond donors (Lipinski definition) is 3. The first-order chi connectivity index (χ1) is 9.22. The number of primary amides is 2. The number of halogens is 1. The summed E-state index contributed by atoms with van der Waals surface area (Å²) in [5.41, 5.74) is 17.2. The van der Waals surface area contributed by atoms with Gasteiger partial charge in [-0.2, -0.15) is 0 Å². The zero-order chi connectivity index (χ0) is 15.4. The number of nitrogen functional groups attached to an aromatic ring is 1. The Bertz CT molecular complexity index is 558. The number of amides is 3. The molecule has 0 heterocycles. The summed E-state index contributed by atoms with van der Waals surface area (Å²) in [7, 11) is 0. The molecule has 0 spiro atoms. The van der Waals surface area contributed by atoms with Gasteiger partial charge in [0.2, 0.25) is 11.8 Å². The fourth-order valence-electron chi connectivity index (χ4n) is 1.67.